The topological polar surface area (TPSA) is 26.3 Å². The van der Waals surface area contributed by atoms with Gasteiger partial charge in [-0.2, -0.15) is 0 Å². The van der Waals surface area contributed by atoms with E-state index in [0.29, 0.717) is 23.4 Å². The molecular weight excluding hydrogens is 188 g/mol. The van der Waals surface area contributed by atoms with Gasteiger partial charge in [-0.25, -0.2) is 0 Å². The first kappa shape index (κ1) is 10.7. The maximum Gasteiger partial charge on any atom is 0.302 e. The van der Waals surface area contributed by atoms with E-state index in [1.165, 1.54) is 19.8 Å². The Morgan fingerprint density at radius 2 is 2.27 bits per heavy atom. The standard InChI is InChI=1S/C13H20O2/c1-10(14)15-9-8-13(3)11-4-6-12(13,2)7-5-11/h4,6,11H,5,7-9H2,1-3H3. The molecule has 2 rings (SSSR count). The maximum atomic E-state index is 10.7. The smallest absolute Gasteiger partial charge is 0.302 e. The Kier molecular flexibility index (Phi) is 2.40. The van der Waals surface area contributed by atoms with Gasteiger partial charge in [-0.15, -0.1) is 0 Å². The summed E-state index contributed by atoms with van der Waals surface area (Å²) in [5, 5.41) is 0. The summed E-state index contributed by atoms with van der Waals surface area (Å²) in [5.74, 6) is 0.528. The van der Waals surface area contributed by atoms with Crippen LogP contribution in [0.5, 0.6) is 0 Å². The van der Waals surface area contributed by atoms with Crippen molar-refractivity contribution in [1.29, 1.82) is 0 Å². The van der Waals surface area contributed by atoms with Gasteiger partial charge in [0.2, 0.25) is 0 Å². The molecule has 15 heavy (non-hydrogen) atoms. The summed E-state index contributed by atoms with van der Waals surface area (Å²) >= 11 is 0. The highest BCUT2D eigenvalue weighted by Gasteiger charge is 2.55. The molecule has 0 aromatic rings. The van der Waals surface area contributed by atoms with Crippen LogP contribution in [0.25, 0.3) is 0 Å². The maximum absolute atomic E-state index is 10.7. The van der Waals surface area contributed by atoms with Crippen LogP contribution < -0.4 is 0 Å². The van der Waals surface area contributed by atoms with Crippen molar-refractivity contribution in [1.82, 2.24) is 0 Å². The van der Waals surface area contributed by atoms with Crippen molar-refractivity contribution in [2.24, 2.45) is 16.7 Å². The lowest BCUT2D eigenvalue weighted by Crippen LogP contribution is -2.32. The first-order valence-electron chi connectivity index (χ1n) is 5.81. The van der Waals surface area contributed by atoms with Gasteiger partial charge in [-0.3, -0.25) is 4.79 Å². The molecule has 0 radical (unpaired) electrons. The van der Waals surface area contributed by atoms with Gasteiger partial charge < -0.3 is 4.74 Å². The normalized spacial score (nSPS) is 42.2. The molecular formula is C13H20O2. The van der Waals surface area contributed by atoms with Gasteiger partial charge in [-0.1, -0.05) is 26.0 Å². The Labute approximate surface area is 91.7 Å². The van der Waals surface area contributed by atoms with Crippen LogP contribution in [0.3, 0.4) is 0 Å². The minimum atomic E-state index is -0.165. The number of ether oxygens (including phenoxy) is 1. The number of carbonyl (C=O) groups excluding carboxylic acids is 1. The molecule has 0 saturated heterocycles. The van der Waals surface area contributed by atoms with E-state index in [1.54, 1.807) is 0 Å². The molecule has 2 bridgehead atoms. The minimum absolute atomic E-state index is 0.165. The third kappa shape index (κ3) is 1.51. The lowest BCUT2D eigenvalue weighted by Gasteiger charge is -2.37. The largest absolute Gasteiger partial charge is 0.466 e. The Morgan fingerprint density at radius 3 is 2.67 bits per heavy atom. The van der Waals surface area contributed by atoms with Crippen molar-refractivity contribution in [3.05, 3.63) is 12.2 Å². The van der Waals surface area contributed by atoms with E-state index in [4.69, 9.17) is 4.74 Å². The zero-order chi connectivity index (χ0) is 11.1. The molecule has 0 amide bonds. The Balaban J connectivity index is 2.00. The molecule has 0 aliphatic heterocycles. The van der Waals surface area contributed by atoms with E-state index >= 15 is 0 Å². The lowest BCUT2D eigenvalue weighted by atomic mass is 9.67. The third-order valence-electron chi connectivity index (χ3n) is 4.72. The van der Waals surface area contributed by atoms with Crippen molar-refractivity contribution in [2.45, 2.75) is 40.0 Å². The summed E-state index contributed by atoms with van der Waals surface area (Å²) in [7, 11) is 0. The van der Waals surface area contributed by atoms with Crippen molar-refractivity contribution in [2.75, 3.05) is 6.61 Å². The van der Waals surface area contributed by atoms with Gasteiger partial charge in [0.1, 0.15) is 0 Å². The molecule has 2 heteroatoms. The van der Waals surface area contributed by atoms with Gasteiger partial charge in [0, 0.05) is 6.92 Å². The summed E-state index contributed by atoms with van der Waals surface area (Å²) in [6.07, 6.45) is 8.29. The summed E-state index contributed by atoms with van der Waals surface area (Å²) < 4.78 is 5.07. The molecule has 2 nitrogen and oxygen atoms in total. The first-order chi connectivity index (χ1) is 6.98. The molecule has 3 unspecified atom stereocenters. The molecule has 0 N–H and O–H groups in total. The number of hydrogen-bond donors (Lipinski definition) is 0. The summed E-state index contributed by atoms with van der Waals surface area (Å²) in [6, 6.07) is 0. The molecule has 84 valence electrons. The second-order valence-corrected chi connectivity index (χ2v) is 5.43. The summed E-state index contributed by atoms with van der Waals surface area (Å²) in [5.41, 5.74) is 0.639. The zero-order valence-electron chi connectivity index (χ0n) is 9.88. The predicted octanol–water partition coefficient (Wildman–Crippen LogP) is 2.93. The number of carbonyl (C=O) groups is 1. The van der Waals surface area contributed by atoms with Crippen LogP contribution in [0.15, 0.2) is 12.2 Å². The Hall–Kier alpha value is -0.790. The van der Waals surface area contributed by atoms with Crippen LogP contribution in [0.1, 0.15) is 40.0 Å². The van der Waals surface area contributed by atoms with E-state index in [1.807, 2.05) is 0 Å². The Morgan fingerprint density at radius 1 is 1.53 bits per heavy atom. The fraction of sp³-hybridized carbons (Fsp3) is 0.769. The number of esters is 1. The quantitative estimate of drug-likeness (QED) is 0.526. The zero-order valence-corrected chi connectivity index (χ0v) is 9.88. The first-order valence-corrected chi connectivity index (χ1v) is 5.81. The van der Waals surface area contributed by atoms with Crippen molar-refractivity contribution < 1.29 is 9.53 Å². The predicted molar refractivity (Wildman–Crippen MR) is 59.3 cm³/mol. The molecule has 0 aromatic heterocycles. The van der Waals surface area contributed by atoms with Crippen LogP contribution in [0.2, 0.25) is 0 Å². The van der Waals surface area contributed by atoms with E-state index < -0.39 is 0 Å². The van der Waals surface area contributed by atoms with Crippen LogP contribution >= 0.6 is 0 Å². The summed E-state index contributed by atoms with van der Waals surface area (Å²) in [4.78, 5) is 10.7. The molecule has 2 aliphatic rings. The fourth-order valence-electron chi connectivity index (χ4n) is 3.27. The monoisotopic (exact) mass is 208 g/mol. The second-order valence-electron chi connectivity index (χ2n) is 5.43. The highest BCUT2D eigenvalue weighted by Crippen LogP contribution is 2.63. The molecule has 0 heterocycles. The number of fused-ring (bicyclic) bond motifs is 2. The second kappa shape index (κ2) is 3.36. The highest BCUT2D eigenvalue weighted by atomic mass is 16.5. The molecule has 1 saturated carbocycles. The minimum Gasteiger partial charge on any atom is -0.466 e. The molecule has 0 aromatic carbocycles. The van der Waals surface area contributed by atoms with E-state index in [-0.39, 0.29) is 5.97 Å². The van der Waals surface area contributed by atoms with Crippen molar-refractivity contribution >= 4 is 5.97 Å². The average molecular weight is 208 g/mol. The molecule has 2 aliphatic carbocycles. The highest BCUT2D eigenvalue weighted by molar-refractivity contribution is 5.65. The van der Waals surface area contributed by atoms with Crippen LogP contribution in [0.4, 0.5) is 0 Å². The van der Waals surface area contributed by atoms with E-state index in [2.05, 4.69) is 26.0 Å². The van der Waals surface area contributed by atoms with Crippen molar-refractivity contribution in [3.8, 4) is 0 Å². The Bertz CT molecular complexity index is 308. The molecule has 0 spiro atoms. The van der Waals surface area contributed by atoms with Gasteiger partial charge in [0.15, 0.2) is 0 Å². The summed E-state index contributed by atoms with van der Waals surface area (Å²) in [6.45, 7) is 6.73. The van der Waals surface area contributed by atoms with Gasteiger partial charge >= 0.3 is 5.97 Å². The number of hydrogen-bond acceptors (Lipinski definition) is 2. The number of allylic oxidation sites excluding steroid dienone is 2. The van der Waals surface area contributed by atoms with E-state index in [9.17, 15) is 4.79 Å². The number of rotatable bonds is 3. The van der Waals surface area contributed by atoms with Gasteiger partial charge in [0.05, 0.1) is 6.61 Å². The average Bonchev–Trinajstić information content (AvgIpc) is 2.52. The van der Waals surface area contributed by atoms with Crippen LogP contribution in [0, 0.1) is 16.7 Å². The third-order valence-corrected chi connectivity index (χ3v) is 4.72. The fourth-order valence-corrected chi connectivity index (χ4v) is 3.27. The van der Waals surface area contributed by atoms with E-state index in [0.717, 1.165) is 6.42 Å². The van der Waals surface area contributed by atoms with Crippen molar-refractivity contribution in [3.63, 3.8) is 0 Å². The van der Waals surface area contributed by atoms with Crippen LogP contribution in [-0.2, 0) is 9.53 Å². The molecule has 1 fully saturated rings. The van der Waals surface area contributed by atoms with Gasteiger partial charge in [0.25, 0.3) is 0 Å². The lowest BCUT2D eigenvalue weighted by molar-refractivity contribution is -0.142. The molecule has 3 atom stereocenters. The van der Waals surface area contributed by atoms with Gasteiger partial charge in [-0.05, 0) is 36.0 Å². The van der Waals surface area contributed by atoms with Crippen LogP contribution in [-0.4, -0.2) is 12.6 Å². The SMILES string of the molecule is CC(=O)OCCC1(C)C2C=CC1(C)CC2.